The maximum absolute atomic E-state index is 13.1. The molecule has 0 spiro atoms. The lowest BCUT2D eigenvalue weighted by Crippen LogP contribution is -2.09. The number of fused-ring (bicyclic) bond motifs is 2. The summed E-state index contributed by atoms with van der Waals surface area (Å²) in [5.41, 5.74) is 1.12. The summed E-state index contributed by atoms with van der Waals surface area (Å²) in [5, 5.41) is 11.2. The maximum atomic E-state index is 13.1. The number of aromatic nitrogens is 3. The first-order chi connectivity index (χ1) is 17.4. The molecule has 0 aliphatic carbocycles. The van der Waals surface area contributed by atoms with E-state index in [9.17, 15) is 14.7 Å². The molecule has 6 rings (SSSR count). The second-order valence-corrected chi connectivity index (χ2v) is 8.24. The number of methoxy groups -OCH3 is 1. The van der Waals surface area contributed by atoms with Crippen LogP contribution < -0.4 is 25.2 Å². The molecule has 0 radical (unpaired) electrons. The van der Waals surface area contributed by atoms with Crippen LogP contribution in [-0.4, -0.2) is 34.0 Å². The number of aromatic amines is 2. The van der Waals surface area contributed by atoms with E-state index in [4.69, 9.17) is 18.6 Å². The van der Waals surface area contributed by atoms with Gasteiger partial charge in [0.25, 0.3) is 5.56 Å². The van der Waals surface area contributed by atoms with Crippen LogP contribution in [0.2, 0.25) is 0 Å². The number of rotatable bonds is 4. The molecular formula is C26H19N3O7. The molecule has 2 aromatic carbocycles. The summed E-state index contributed by atoms with van der Waals surface area (Å²) >= 11 is 0. The van der Waals surface area contributed by atoms with E-state index in [1.54, 1.807) is 56.5 Å². The van der Waals surface area contributed by atoms with Gasteiger partial charge in [-0.25, -0.2) is 4.98 Å². The lowest BCUT2D eigenvalue weighted by molar-refractivity contribution is 0.174. The highest BCUT2D eigenvalue weighted by molar-refractivity contribution is 5.87. The standard InChI is InChI=1S/C26H19N3O7/c1-12-7-18(30)23(31)24(36-12)22-21(13-3-5-15(33-2)6-4-13)28-25(29-22)16-8-14-9-19-20(35-11-34-19)10-17(14)27-26(16)32/h3-10,31H,11H2,1-2H3,(H,27,32)(H,28,29). The summed E-state index contributed by atoms with van der Waals surface area (Å²) in [5.74, 6) is 1.66. The molecule has 1 aliphatic heterocycles. The third kappa shape index (κ3) is 3.47. The van der Waals surface area contributed by atoms with Crippen molar-refractivity contribution < 1.29 is 23.7 Å². The number of benzene rings is 2. The predicted octanol–water partition coefficient (Wildman–Crippen LogP) is 3.96. The Morgan fingerprint density at radius 3 is 2.50 bits per heavy atom. The Balaban J connectivity index is 1.58. The summed E-state index contributed by atoms with van der Waals surface area (Å²) in [7, 11) is 1.56. The van der Waals surface area contributed by atoms with Gasteiger partial charge in [0.2, 0.25) is 18.0 Å². The molecule has 0 saturated heterocycles. The van der Waals surface area contributed by atoms with Crippen molar-refractivity contribution in [2.45, 2.75) is 6.92 Å². The zero-order valence-electron chi connectivity index (χ0n) is 19.2. The first kappa shape index (κ1) is 21.5. The van der Waals surface area contributed by atoms with Crippen molar-refractivity contribution in [1.29, 1.82) is 0 Å². The number of H-pyrrole nitrogens is 2. The highest BCUT2D eigenvalue weighted by Crippen LogP contribution is 2.38. The number of aromatic hydroxyl groups is 1. The number of hydrogen-bond acceptors (Lipinski definition) is 8. The SMILES string of the molecule is COc1ccc(-c2nc(-c3cc4cc5c(cc4[nH]c3=O)OCO5)[nH]c2-c2oc(C)cc(=O)c2O)cc1. The zero-order valence-corrected chi connectivity index (χ0v) is 19.2. The Hall–Kier alpha value is -4.99. The van der Waals surface area contributed by atoms with Crippen molar-refractivity contribution in [2.24, 2.45) is 0 Å². The lowest BCUT2D eigenvalue weighted by Gasteiger charge is -2.06. The van der Waals surface area contributed by atoms with Gasteiger partial charge in [-0.2, -0.15) is 0 Å². The third-order valence-corrected chi connectivity index (χ3v) is 5.93. The van der Waals surface area contributed by atoms with Gasteiger partial charge in [-0.15, -0.1) is 0 Å². The molecule has 1 aliphatic rings. The van der Waals surface area contributed by atoms with Gasteiger partial charge >= 0.3 is 0 Å². The molecule has 0 fully saturated rings. The minimum Gasteiger partial charge on any atom is -0.501 e. The Morgan fingerprint density at radius 1 is 1.00 bits per heavy atom. The monoisotopic (exact) mass is 485 g/mol. The van der Waals surface area contributed by atoms with Gasteiger partial charge in [0.15, 0.2) is 17.3 Å². The molecule has 180 valence electrons. The highest BCUT2D eigenvalue weighted by Gasteiger charge is 2.23. The van der Waals surface area contributed by atoms with E-state index in [0.29, 0.717) is 45.2 Å². The fourth-order valence-electron chi connectivity index (χ4n) is 4.17. The van der Waals surface area contributed by atoms with Crippen LogP contribution in [0, 0.1) is 6.92 Å². The van der Waals surface area contributed by atoms with E-state index in [-0.39, 0.29) is 29.6 Å². The van der Waals surface area contributed by atoms with Crippen LogP contribution in [-0.2, 0) is 0 Å². The minimum absolute atomic E-state index is 0.0786. The number of aryl methyl sites for hydroxylation is 1. The van der Waals surface area contributed by atoms with Gasteiger partial charge in [0.1, 0.15) is 28.7 Å². The van der Waals surface area contributed by atoms with Crippen molar-refractivity contribution in [3.05, 3.63) is 74.9 Å². The van der Waals surface area contributed by atoms with Crippen LogP contribution >= 0.6 is 0 Å². The fraction of sp³-hybridized carbons (Fsp3) is 0.115. The molecule has 0 amide bonds. The van der Waals surface area contributed by atoms with Crippen molar-refractivity contribution in [2.75, 3.05) is 13.9 Å². The van der Waals surface area contributed by atoms with Crippen LogP contribution in [0.3, 0.4) is 0 Å². The predicted molar refractivity (Wildman–Crippen MR) is 131 cm³/mol. The largest absolute Gasteiger partial charge is 0.501 e. The molecule has 4 heterocycles. The van der Waals surface area contributed by atoms with Gasteiger partial charge in [0, 0.05) is 23.1 Å². The summed E-state index contributed by atoms with van der Waals surface area (Å²) in [6, 6.07) is 13.4. The summed E-state index contributed by atoms with van der Waals surface area (Å²) in [6.45, 7) is 1.72. The van der Waals surface area contributed by atoms with Crippen LogP contribution in [0.1, 0.15) is 5.76 Å². The molecule has 0 saturated carbocycles. The average Bonchev–Trinajstić information content (AvgIpc) is 3.51. The van der Waals surface area contributed by atoms with Crippen molar-refractivity contribution in [3.63, 3.8) is 0 Å². The normalized spacial score (nSPS) is 12.3. The van der Waals surface area contributed by atoms with Gasteiger partial charge < -0.3 is 33.7 Å². The topological polar surface area (TPSA) is 140 Å². The van der Waals surface area contributed by atoms with E-state index in [1.807, 2.05) is 0 Å². The summed E-state index contributed by atoms with van der Waals surface area (Å²) in [4.78, 5) is 36.0. The first-order valence-electron chi connectivity index (χ1n) is 11.0. The summed E-state index contributed by atoms with van der Waals surface area (Å²) < 4.78 is 21.8. The fourth-order valence-corrected chi connectivity index (χ4v) is 4.17. The third-order valence-electron chi connectivity index (χ3n) is 5.93. The molecular weight excluding hydrogens is 466 g/mol. The number of hydrogen-bond donors (Lipinski definition) is 3. The number of ether oxygens (including phenoxy) is 3. The molecule has 3 aromatic heterocycles. The number of nitrogens with zero attached hydrogens (tertiary/aromatic N) is 1. The Morgan fingerprint density at radius 2 is 1.75 bits per heavy atom. The summed E-state index contributed by atoms with van der Waals surface area (Å²) in [6.07, 6.45) is 0. The molecule has 3 N–H and O–H groups in total. The molecule has 10 heteroatoms. The molecule has 5 aromatic rings. The van der Waals surface area contributed by atoms with E-state index in [1.165, 1.54) is 6.07 Å². The van der Waals surface area contributed by atoms with E-state index in [0.717, 1.165) is 0 Å². The molecule has 10 nitrogen and oxygen atoms in total. The van der Waals surface area contributed by atoms with Gasteiger partial charge in [-0.05, 0) is 43.3 Å². The molecule has 0 bridgehead atoms. The smallest absolute Gasteiger partial charge is 0.259 e. The number of pyridine rings is 1. The minimum atomic E-state index is -0.592. The van der Waals surface area contributed by atoms with Gasteiger partial charge in [-0.3, -0.25) is 9.59 Å². The number of imidazole rings is 1. The average molecular weight is 485 g/mol. The quantitative estimate of drug-likeness (QED) is 0.348. The van der Waals surface area contributed by atoms with Crippen LogP contribution in [0.4, 0.5) is 0 Å². The lowest BCUT2D eigenvalue weighted by atomic mass is 10.1. The van der Waals surface area contributed by atoms with E-state index < -0.39 is 16.7 Å². The van der Waals surface area contributed by atoms with Crippen LogP contribution in [0.15, 0.2) is 62.5 Å². The molecule has 0 atom stereocenters. The highest BCUT2D eigenvalue weighted by atomic mass is 16.7. The Kier molecular flexibility index (Phi) is 4.82. The van der Waals surface area contributed by atoms with Gasteiger partial charge in [0.05, 0.1) is 18.2 Å². The van der Waals surface area contributed by atoms with E-state index >= 15 is 0 Å². The van der Waals surface area contributed by atoms with Crippen molar-refractivity contribution >= 4 is 10.9 Å². The Bertz CT molecular complexity index is 1760. The molecule has 36 heavy (non-hydrogen) atoms. The second-order valence-electron chi connectivity index (χ2n) is 8.24. The Labute approximate surface area is 202 Å². The van der Waals surface area contributed by atoms with Gasteiger partial charge in [-0.1, -0.05) is 0 Å². The number of nitrogens with one attached hydrogen (secondary N) is 2. The first-order valence-corrected chi connectivity index (χ1v) is 11.0. The van der Waals surface area contributed by atoms with Crippen molar-refractivity contribution in [1.82, 2.24) is 15.0 Å². The maximum Gasteiger partial charge on any atom is 0.259 e. The zero-order chi connectivity index (χ0) is 25.0. The van der Waals surface area contributed by atoms with E-state index in [2.05, 4.69) is 15.0 Å². The van der Waals surface area contributed by atoms with Crippen LogP contribution in [0.5, 0.6) is 23.0 Å². The second kappa shape index (κ2) is 8.05. The van der Waals surface area contributed by atoms with Crippen LogP contribution in [0.25, 0.3) is 45.0 Å². The van der Waals surface area contributed by atoms with Crippen molar-refractivity contribution in [3.8, 4) is 57.1 Å². The molecule has 0 unspecified atom stereocenters.